The number of rotatable bonds is 7. The van der Waals surface area contributed by atoms with Crippen molar-refractivity contribution in [3.63, 3.8) is 0 Å². The number of para-hydroxylation sites is 1. The first-order chi connectivity index (χ1) is 13.6. The van der Waals surface area contributed by atoms with Gasteiger partial charge in [-0.05, 0) is 55.3 Å². The summed E-state index contributed by atoms with van der Waals surface area (Å²) >= 11 is 0. The number of nitrogens with zero attached hydrogens (tertiary/aromatic N) is 1. The normalized spacial score (nSPS) is 22.2. The third-order valence-electron chi connectivity index (χ3n) is 6.27. The molecule has 4 heteroatoms. The molecule has 1 heterocycles. The summed E-state index contributed by atoms with van der Waals surface area (Å²) in [5.74, 6) is 1.92. The first kappa shape index (κ1) is 19.0. The first-order valence-electron chi connectivity index (χ1n) is 10.3. The molecule has 0 radical (unpaired) electrons. The lowest BCUT2D eigenvalue weighted by Gasteiger charge is -2.28. The number of methoxy groups -OCH3 is 1. The van der Waals surface area contributed by atoms with Crippen molar-refractivity contribution in [3.8, 4) is 16.9 Å². The van der Waals surface area contributed by atoms with Gasteiger partial charge in [0.1, 0.15) is 5.75 Å². The molecule has 4 nitrogen and oxygen atoms in total. The van der Waals surface area contributed by atoms with Crippen LogP contribution < -0.4 is 10.1 Å². The minimum absolute atomic E-state index is 0.180. The van der Waals surface area contributed by atoms with E-state index in [2.05, 4.69) is 40.5 Å². The fourth-order valence-corrected chi connectivity index (χ4v) is 4.53. The molecule has 2 aliphatic rings. The maximum Gasteiger partial charge on any atom is 0.227 e. The van der Waals surface area contributed by atoms with Gasteiger partial charge in [0.2, 0.25) is 5.91 Å². The van der Waals surface area contributed by atoms with Gasteiger partial charge in [0.05, 0.1) is 12.5 Å². The van der Waals surface area contributed by atoms with Gasteiger partial charge in [-0.3, -0.25) is 4.79 Å². The van der Waals surface area contributed by atoms with Crippen LogP contribution in [0.4, 0.5) is 0 Å². The van der Waals surface area contributed by atoms with Crippen molar-refractivity contribution in [2.24, 2.45) is 11.3 Å². The molecular weight excluding hydrogens is 348 g/mol. The fraction of sp³-hybridized carbons (Fsp3) is 0.458. The molecule has 2 aromatic carbocycles. The number of benzene rings is 2. The van der Waals surface area contributed by atoms with Crippen molar-refractivity contribution in [3.05, 3.63) is 54.1 Å². The van der Waals surface area contributed by atoms with Crippen LogP contribution in [-0.4, -0.2) is 44.6 Å². The van der Waals surface area contributed by atoms with Crippen LogP contribution in [0.25, 0.3) is 11.1 Å². The Balaban J connectivity index is 1.52. The smallest absolute Gasteiger partial charge is 0.227 e. The maximum atomic E-state index is 12.8. The summed E-state index contributed by atoms with van der Waals surface area (Å²) in [4.78, 5) is 15.3. The quantitative estimate of drug-likeness (QED) is 0.798. The summed E-state index contributed by atoms with van der Waals surface area (Å²) in [5, 5.41) is 2.93. The molecule has 2 fully saturated rings. The SMILES string of the molecule is CNC(=O)C1(Cc2ccc(-c3ccccc3OC)cc2)CCN(CC2CC2)C1. The molecule has 0 spiro atoms. The summed E-state index contributed by atoms with van der Waals surface area (Å²) in [6.45, 7) is 3.06. The predicted octanol–water partition coefficient (Wildman–Crippen LogP) is 3.75. The van der Waals surface area contributed by atoms with Crippen LogP contribution >= 0.6 is 0 Å². The van der Waals surface area contributed by atoms with E-state index in [9.17, 15) is 4.79 Å². The van der Waals surface area contributed by atoms with E-state index in [1.807, 2.05) is 18.2 Å². The van der Waals surface area contributed by atoms with Crippen molar-refractivity contribution in [2.75, 3.05) is 33.8 Å². The number of nitrogens with one attached hydrogen (secondary N) is 1. The Morgan fingerprint density at radius 2 is 1.93 bits per heavy atom. The summed E-state index contributed by atoms with van der Waals surface area (Å²) in [7, 11) is 3.46. The van der Waals surface area contributed by atoms with E-state index in [0.29, 0.717) is 0 Å². The average Bonchev–Trinajstić information content (AvgIpc) is 3.46. The Morgan fingerprint density at radius 3 is 2.61 bits per heavy atom. The van der Waals surface area contributed by atoms with Crippen molar-refractivity contribution in [2.45, 2.75) is 25.7 Å². The largest absolute Gasteiger partial charge is 0.496 e. The zero-order valence-electron chi connectivity index (χ0n) is 16.9. The monoisotopic (exact) mass is 378 g/mol. The second-order valence-corrected chi connectivity index (χ2v) is 8.36. The number of hydrogen-bond donors (Lipinski definition) is 1. The molecule has 0 aromatic heterocycles. The van der Waals surface area contributed by atoms with E-state index in [1.165, 1.54) is 18.4 Å². The third-order valence-corrected chi connectivity index (χ3v) is 6.27. The molecule has 1 saturated carbocycles. The second-order valence-electron chi connectivity index (χ2n) is 8.36. The zero-order valence-corrected chi connectivity index (χ0v) is 16.9. The molecule has 1 aliphatic heterocycles. The van der Waals surface area contributed by atoms with E-state index in [1.54, 1.807) is 14.2 Å². The van der Waals surface area contributed by atoms with E-state index in [-0.39, 0.29) is 11.3 Å². The van der Waals surface area contributed by atoms with Crippen LogP contribution in [0.15, 0.2) is 48.5 Å². The van der Waals surface area contributed by atoms with Crippen molar-refractivity contribution in [1.29, 1.82) is 0 Å². The van der Waals surface area contributed by atoms with Crippen LogP contribution in [-0.2, 0) is 11.2 Å². The van der Waals surface area contributed by atoms with Gasteiger partial charge >= 0.3 is 0 Å². The summed E-state index contributed by atoms with van der Waals surface area (Å²) in [6.07, 6.45) is 4.44. The number of amides is 1. The van der Waals surface area contributed by atoms with Gasteiger partial charge in [0, 0.05) is 25.7 Å². The van der Waals surface area contributed by atoms with Gasteiger partial charge in [-0.25, -0.2) is 0 Å². The first-order valence-corrected chi connectivity index (χ1v) is 10.3. The zero-order chi connectivity index (χ0) is 19.6. The van der Waals surface area contributed by atoms with E-state index < -0.39 is 0 Å². The van der Waals surface area contributed by atoms with Crippen LogP contribution in [0.1, 0.15) is 24.8 Å². The Kier molecular flexibility index (Phi) is 5.40. The molecule has 0 bridgehead atoms. The molecule has 1 aliphatic carbocycles. The second kappa shape index (κ2) is 7.96. The Morgan fingerprint density at radius 1 is 1.18 bits per heavy atom. The van der Waals surface area contributed by atoms with Crippen molar-refractivity contribution in [1.82, 2.24) is 10.2 Å². The van der Waals surface area contributed by atoms with Gasteiger partial charge in [-0.15, -0.1) is 0 Å². The minimum Gasteiger partial charge on any atom is -0.496 e. The molecule has 1 atom stereocenters. The Labute approximate surface area is 167 Å². The standard InChI is InChI=1S/C24H30N2O2/c1-25-23(27)24(13-14-26(17-24)16-19-7-8-19)15-18-9-11-20(12-10-18)21-5-3-4-6-22(21)28-2/h3-6,9-12,19H,7-8,13-17H2,1-2H3,(H,25,27). The number of hydrogen-bond acceptors (Lipinski definition) is 3. The lowest BCUT2D eigenvalue weighted by molar-refractivity contribution is -0.130. The highest BCUT2D eigenvalue weighted by molar-refractivity contribution is 5.83. The van der Waals surface area contributed by atoms with Crippen molar-refractivity contribution < 1.29 is 9.53 Å². The molecule has 2 aromatic rings. The van der Waals surface area contributed by atoms with Crippen molar-refractivity contribution >= 4 is 5.91 Å². The van der Waals surface area contributed by atoms with Crippen LogP contribution in [0.2, 0.25) is 0 Å². The lowest BCUT2D eigenvalue weighted by Crippen LogP contribution is -2.43. The van der Waals surface area contributed by atoms with Crippen LogP contribution in [0.5, 0.6) is 5.75 Å². The number of likely N-dealkylation sites (tertiary alicyclic amines) is 1. The van der Waals surface area contributed by atoms with Crippen LogP contribution in [0, 0.1) is 11.3 Å². The predicted molar refractivity (Wildman–Crippen MR) is 112 cm³/mol. The summed E-state index contributed by atoms with van der Waals surface area (Å²) < 4.78 is 5.49. The maximum absolute atomic E-state index is 12.8. The molecular formula is C24H30N2O2. The van der Waals surface area contributed by atoms with Gasteiger partial charge in [0.25, 0.3) is 0 Å². The lowest BCUT2D eigenvalue weighted by atomic mass is 9.79. The average molecular weight is 379 g/mol. The van der Waals surface area contributed by atoms with E-state index in [4.69, 9.17) is 4.74 Å². The van der Waals surface area contributed by atoms with Gasteiger partial charge in [-0.2, -0.15) is 0 Å². The molecule has 4 rings (SSSR count). The molecule has 1 saturated heterocycles. The van der Waals surface area contributed by atoms with Gasteiger partial charge in [-0.1, -0.05) is 42.5 Å². The molecule has 1 amide bonds. The summed E-state index contributed by atoms with van der Waals surface area (Å²) in [6, 6.07) is 16.7. The number of carbonyl (C=O) groups is 1. The molecule has 1 unspecified atom stereocenters. The Bertz CT molecular complexity index is 829. The van der Waals surface area contributed by atoms with Crippen LogP contribution in [0.3, 0.4) is 0 Å². The highest BCUT2D eigenvalue weighted by Gasteiger charge is 2.44. The molecule has 1 N–H and O–H groups in total. The third kappa shape index (κ3) is 3.93. The Hall–Kier alpha value is -2.33. The molecule has 28 heavy (non-hydrogen) atoms. The summed E-state index contributed by atoms with van der Waals surface area (Å²) in [5.41, 5.74) is 3.14. The van der Waals surface area contributed by atoms with Gasteiger partial charge in [0.15, 0.2) is 0 Å². The molecule has 148 valence electrons. The number of ether oxygens (including phenoxy) is 1. The van der Waals surface area contributed by atoms with E-state index >= 15 is 0 Å². The van der Waals surface area contributed by atoms with E-state index in [0.717, 1.165) is 55.3 Å². The highest BCUT2D eigenvalue weighted by Crippen LogP contribution is 2.38. The topological polar surface area (TPSA) is 41.6 Å². The number of carbonyl (C=O) groups excluding carboxylic acids is 1. The van der Waals surface area contributed by atoms with Gasteiger partial charge < -0.3 is 15.0 Å². The fourth-order valence-electron chi connectivity index (χ4n) is 4.53. The minimum atomic E-state index is -0.310. The highest BCUT2D eigenvalue weighted by atomic mass is 16.5.